The number of likely N-dealkylation sites (N-methyl/N-ethyl adjacent to an activating group) is 1. The fourth-order valence-corrected chi connectivity index (χ4v) is 1.48. The number of ether oxygens (including phenoxy) is 2. The predicted molar refractivity (Wildman–Crippen MR) is 62.9 cm³/mol. The molecule has 0 bridgehead atoms. The maximum absolute atomic E-state index is 9.88. The number of nitrogens with zero attached hydrogens (tertiary/aromatic N) is 1. The van der Waals surface area contributed by atoms with Crippen LogP contribution in [-0.2, 0) is 11.3 Å². The van der Waals surface area contributed by atoms with Gasteiger partial charge in [0.2, 0.25) is 0 Å². The van der Waals surface area contributed by atoms with Gasteiger partial charge in [0.05, 0.1) is 13.7 Å². The summed E-state index contributed by atoms with van der Waals surface area (Å²) in [6.07, 6.45) is 0. The van der Waals surface area contributed by atoms with E-state index in [1.807, 2.05) is 19.2 Å². The van der Waals surface area contributed by atoms with Crippen LogP contribution in [-0.4, -0.2) is 44.4 Å². The van der Waals surface area contributed by atoms with Crippen LogP contribution in [0.5, 0.6) is 11.5 Å². The van der Waals surface area contributed by atoms with Crippen molar-refractivity contribution in [3.63, 3.8) is 0 Å². The van der Waals surface area contributed by atoms with E-state index in [-0.39, 0.29) is 5.75 Å². The molecule has 1 N–H and O–H groups in total. The zero-order valence-electron chi connectivity index (χ0n) is 10.1. The number of para-hydroxylation sites is 1. The molecule has 0 heterocycles. The minimum Gasteiger partial charge on any atom is -0.504 e. The zero-order valence-corrected chi connectivity index (χ0v) is 10.1. The molecule has 0 atom stereocenters. The van der Waals surface area contributed by atoms with Crippen molar-refractivity contribution in [2.45, 2.75) is 6.54 Å². The van der Waals surface area contributed by atoms with Gasteiger partial charge in [-0.05, 0) is 13.1 Å². The summed E-state index contributed by atoms with van der Waals surface area (Å²) in [5.41, 5.74) is 0.859. The van der Waals surface area contributed by atoms with Gasteiger partial charge in [-0.1, -0.05) is 12.1 Å². The van der Waals surface area contributed by atoms with Crippen LogP contribution in [0.1, 0.15) is 5.56 Å². The van der Waals surface area contributed by atoms with E-state index in [1.54, 1.807) is 20.3 Å². The van der Waals surface area contributed by atoms with Gasteiger partial charge in [-0.2, -0.15) is 0 Å². The summed E-state index contributed by atoms with van der Waals surface area (Å²) < 4.78 is 10.1. The molecule has 0 unspecified atom stereocenters. The Kier molecular flexibility index (Phi) is 5.08. The molecule has 0 aliphatic rings. The highest BCUT2D eigenvalue weighted by Crippen LogP contribution is 2.29. The van der Waals surface area contributed by atoms with Gasteiger partial charge in [-0.3, -0.25) is 4.90 Å². The number of aromatic hydroxyl groups is 1. The van der Waals surface area contributed by atoms with Crippen molar-refractivity contribution in [3.05, 3.63) is 23.8 Å². The molecule has 0 amide bonds. The first-order valence-electron chi connectivity index (χ1n) is 5.21. The molecule has 4 heteroatoms. The highest BCUT2D eigenvalue weighted by atomic mass is 16.5. The van der Waals surface area contributed by atoms with Crippen LogP contribution in [0, 0.1) is 0 Å². The van der Waals surface area contributed by atoms with E-state index >= 15 is 0 Å². The number of benzene rings is 1. The van der Waals surface area contributed by atoms with Crippen molar-refractivity contribution in [1.29, 1.82) is 0 Å². The molecule has 16 heavy (non-hydrogen) atoms. The summed E-state index contributed by atoms with van der Waals surface area (Å²) >= 11 is 0. The first kappa shape index (κ1) is 12.8. The van der Waals surface area contributed by atoms with Gasteiger partial charge in [-0.15, -0.1) is 0 Å². The van der Waals surface area contributed by atoms with Crippen molar-refractivity contribution in [1.82, 2.24) is 4.90 Å². The Bertz CT molecular complexity index is 328. The lowest BCUT2D eigenvalue weighted by molar-refractivity contribution is 0.158. The van der Waals surface area contributed by atoms with Gasteiger partial charge >= 0.3 is 0 Å². The molecule has 0 saturated heterocycles. The lowest BCUT2D eigenvalue weighted by Gasteiger charge is -2.17. The van der Waals surface area contributed by atoms with Crippen molar-refractivity contribution in [2.24, 2.45) is 0 Å². The Morgan fingerprint density at radius 2 is 2.06 bits per heavy atom. The Morgan fingerprint density at radius 3 is 2.69 bits per heavy atom. The van der Waals surface area contributed by atoms with E-state index in [1.165, 1.54) is 0 Å². The second-order valence-corrected chi connectivity index (χ2v) is 3.70. The van der Waals surface area contributed by atoms with Crippen LogP contribution in [0.25, 0.3) is 0 Å². The number of hydrogen-bond acceptors (Lipinski definition) is 4. The van der Waals surface area contributed by atoms with Crippen LogP contribution in [0.4, 0.5) is 0 Å². The van der Waals surface area contributed by atoms with Crippen LogP contribution in [0.15, 0.2) is 18.2 Å². The molecule has 90 valence electrons. The van der Waals surface area contributed by atoms with E-state index < -0.39 is 0 Å². The Morgan fingerprint density at radius 1 is 1.31 bits per heavy atom. The topological polar surface area (TPSA) is 41.9 Å². The lowest BCUT2D eigenvalue weighted by atomic mass is 10.2. The summed E-state index contributed by atoms with van der Waals surface area (Å²) in [6, 6.07) is 5.51. The quantitative estimate of drug-likeness (QED) is 0.796. The number of phenolic OH excluding ortho intramolecular Hbond substituents is 1. The van der Waals surface area contributed by atoms with Crippen molar-refractivity contribution in [2.75, 3.05) is 34.4 Å². The number of methoxy groups -OCH3 is 2. The molecule has 1 aromatic carbocycles. The van der Waals surface area contributed by atoms with Gasteiger partial charge < -0.3 is 14.6 Å². The van der Waals surface area contributed by atoms with E-state index in [0.717, 1.165) is 12.1 Å². The van der Waals surface area contributed by atoms with Crippen LogP contribution < -0.4 is 4.74 Å². The van der Waals surface area contributed by atoms with Gasteiger partial charge in [0.15, 0.2) is 11.5 Å². The van der Waals surface area contributed by atoms with Gasteiger partial charge in [0.25, 0.3) is 0 Å². The van der Waals surface area contributed by atoms with E-state index in [4.69, 9.17) is 9.47 Å². The molecule has 0 aliphatic carbocycles. The zero-order chi connectivity index (χ0) is 12.0. The lowest BCUT2D eigenvalue weighted by Crippen LogP contribution is -2.22. The highest BCUT2D eigenvalue weighted by Gasteiger charge is 2.08. The molecule has 0 saturated carbocycles. The monoisotopic (exact) mass is 225 g/mol. The number of phenols is 1. The first-order chi connectivity index (χ1) is 7.69. The third kappa shape index (κ3) is 3.40. The molecule has 4 nitrogen and oxygen atoms in total. The average Bonchev–Trinajstić information content (AvgIpc) is 2.29. The Hall–Kier alpha value is -1.26. The van der Waals surface area contributed by atoms with E-state index in [0.29, 0.717) is 18.9 Å². The molecule has 0 aliphatic heterocycles. The molecular weight excluding hydrogens is 206 g/mol. The van der Waals surface area contributed by atoms with Crippen LogP contribution >= 0.6 is 0 Å². The first-order valence-corrected chi connectivity index (χ1v) is 5.21. The van der Waals surface area contributed by atoms with Gasteiger partial charge in [0, 0.05) is 25.8 Å². The maximum atomic E-state index is 9.88. The maximum Gasteiger partial charge on any atom is 0.162 e. The standard InChI is InChI=1S/C12H19NO3/c1-13(7-8-15-2)9-10-5-4-6-11(16-3)12(10)14/h4-6,14H,7-9H2,1-3H3. The van der Waals surface area contributed by atoms with Crippen LogP contribution in [0.2, 0.25) is 0 Å². The number of hydrogen-bond donors (Lipinski definition) is 1. The molecule has 0 spiro atoms. The smallest absolute Gasteiger partial charge is 0.162 e. The SMILES string of the molecule is COCCN(C)Cc1cccc(OC)c1O. The Balaban J connectivity index is 2.66. The fourth-order valence-electron chi connectivity index (χ4n) is 1.48. The highest BCUT2D eigenvalue weighted by molar-refractivity contribution is 5.45. The fraction of sp³-hybridized carbons (Fsp3) is 0.500. The largest absolute Gasteiger partial charge is 0.504 e. The molecule has 0 radical (unpaired) electrons. The van der Waals surface area contributed by atoms with Gasteiger partial charge in [-0.25, -0.2) is 0 Å². The molecule has 1 aromatic rings. The minimum atomic E-state index is 0.217. The normalized spacial score (nSPS) is 10.8. The predicted octanol–water partition coefficient (Wildman–Crippen LogP) is 1.48. The number of rotatable bonds is 6. The van der Waals surface area contributed by atoms with Gasteiger partial charge in [0.1, 0.15) is 0 Å². The summed E-state index contributed by atoms with van der Waals surface area (Å²) in [5.74, 6) is 0.729. The van der Waals surface area contributed by atoms with E-state index in [2.05, 4.69) is 4.90 Å². The van der Waals surface area contributed by atoms with Crippen LogP contribution in [0.3, 0.4) is 0 Å². The second kappa shape index (κ2) is 6.35. The van der Waals surface area contributed by atoms with Crippen molar-refractivity contribution < 1.29 is 14.6 Å². The minimum absolute atomic E-state index is 0.217. The average molecular weight is 225 g/mol. The van der Waals surface area contributed by atoms with Crippen molar-refractivity contribution >= 4 is 0 Å². The Labute approximate surface area is 96.4 Å². The van der Waals surface area contributed by atoms with Crippen molar-refractivity contribution in [3.8, 4) is 11.5 Å². The second-order valence-electron chi connectivity index (χ2n) is 3.70. The molecule has 0 fully saturated rings. The summed E-state index contributed by atoms with van der Waals surface area (Å²) in [7, 11) is 5.21. The third-order valence-electron chi connectivity index (χ3n) is 2.42. The molecular formula is C12H19NO3. The molecule has 0 aromatic heterocycles. The molecule has 1 rings (SSSR count). The summed E-state index contributed by atoms with van der Waals surface area (Å²) in [4.78, 5) is 2.08. The third-order valence-corrected chi connectivity index (χ3v) is 2.42. The summed E-state index contributed by atoms with van der Waals surface area (Å²) in [6.45, 7) is 2.18. The van der Waals surface area contributed by atoms with E-state index in [9.17, 15) is 5.11 Å². The summed E-state index contributed by atoms with van der Waals surface area (Å²) in [5, 5.41) is 9.88.